The molecule has 134 valence electrons. The van der Waals surface area contributed by atoms with E-state index in [-0.39, 0.29) is 5.69 Å². The molecule has 1 aliphatic carbocycles. The van der Waals surface area contributed by atoms with E-state index in [2.05, 4.69) is 37.0 Å². The molecule has 0 fully saturated rings. The van der Waals surface area contributed by atoms with Gasteiger partial charge in [0.2, 0.25) is 0 Å². The molecule has 0 saturated carbocycles. The maximum Gasteiger partial charge on any atom is 0.196 e. The Balaban J connectivity index is 2.08. The van der Waals surface area contributed by atoms with Gasteiger partial charge in [0.25, 0.3) is 0 Å². The molecule has 2 heterocycles. The summed E-state index contributed by atoms with van der Waals surface area (Å²) in [6, 6.07) is 7.95. The van der Waals surface area contributed by atoms with Gasteiger partial charge in [0, 0.05) is 0 Å². The number of allylic oxidation sites excluding steroid dienone is 2. The standard InChI is InChI=1S/C21H23N3O2/c1-12-7-6-8-13(2)18(12)19-14(3)23-24-17(15-9-4-5-10-15)11-16(21(25)26)22-20(19)24/h6-9,11,21,25-26H,4-5,10H2,1-3H3. The molecule has 4 rings (SSSR count). The molecule has 5 nitrogen and oxygen atoms in total. The van der Waals surface area contributed by atoms with Crippen molar-refractivity contribution in [3.8, 4) is 11.1 Å². The number of aromatic nitrogens is 3. The minimum atomic E-state index is -1.61. The van der Waals surface area contributed by atoms with Crippen LogP contribution in [0.15, 0.2) is 30.3 Å². The number of nitrogens with zero attached hydrogens (tertiary/aromatic N) is 3. The number of aliphatic hydroxyl groups excluding tert-OH is 1. The largest absolute Gasteiger partial charge is 0.363 e. The van der Waals surface area contributed by atoms with Crippen molar-refractivity contribution in [2.75, 3.05) is 0 Å². The van der Waals surface area contributed by atoms with Gasteiger partial charge in [-0.15, -0.1) is 0 Å². The zero-order valence-electron chi connectivity index (χ0n) is 15.3. The Labute approximate surface area is 152 Å². The van der Waals surface area contributed by atoms with Crippen molar-refractivity contribution in [1.29, 1.82) is 0 Å². The Bertz CT molecular complexity index is 1010. The summed E-state index contributed by atoms with van der Waals surface area (Å²) in [5, 5.41) is 24.3. The molecule has 3 aromatic rings. The third-order valence-corrected chi connectivity index (χ3v) is 5.15. The first-order chi connectivity index (χ1) is 12.5. The molecule has 0 atom stereocenters. The Hall–Kier alpha value is -2.50. The van der Waals surface area contributed by atoms with Crippen molar-refractivity contribution >= 4 is 11.2 Å². The van der Waals surface area contributed by atoms with Crippen LogP contribution < -0.4 is 0 Å². The highest BCUT2D eigenvalue weighted by Gasteiger charge is 2.22. The van der Waals surface area contributed by atoms with Crippen LogP contribution >= 0.6 is 0 Å². The van der Waals surface area contributed by atoms with Gasteiger partial charge in [-0.3, -0.25) is 0 Å². The molecular weight excluding hydrogens is 326 g/mol. The summed E-state index contributed by atoms with van der Waals surface area (Å²) in [4.78, 5) is 4.56. The number of aliphatic hydroxyl groups is 2. The quantitative estimate of drug-likeness (QED) is 0.704. The summed E-state index contributed by atoms with van der Waals surface area (Å²) in [5.41, 5.74) is 8.29. The number of benzene rings is 1. The van der Waals surface area contributed by atoms with Gasteiger partial charge in [-0.25, -0.2) is 9.50 Å². The number of rotatable bonds is 3. The lowest BCUT2D eigenvalue weighted by molar-refractivity contribution is -0.0457. The number of hydrogen-bond donors (Lipinski definition) is 2. The molecule has 2 aromatic heterocycles. The zero-order chi connectivity index (χ0) is 18.4. The van der Waals surface area contributed by atoms with E-state index in [1.165, 1.54) is 5.57 Å². The van der Waals surface area contributed by atoms with Crippen LogP contribution in [0.5, 0.6) is 0 Å². The van der Waals surface area contributed by atoms with Crippen LogP contribution in [-0.2, 0) is 0 Å². The van der Waals surface area contributed by atoms with Crippen LogP contribution in [-0.4, -0.2) is 24.8 Å². The second-order valence-corrected chi connectivity index (χ2v) is 7.02. The average Bonchev–Trinajstić information content (AvgIpc) is 3.22. The lowest BCUT2D eigenvalue weighted by Gasteiger charge is -2.12. The molecule has 0 radical (unpaired) electrons. The summed E-state index contributed by atoms with van der Waals surface area (Å²) in [7, 11) is 0. The normalized spacial score (nSPS) is 14.5. The first kappa shape index (κ1) is 16.9. The SMILES string of the molecule is Cc1cccc(C)c1-c1c(C)nn2c(C3=CCCC3)cc(C(O)O)nc12. The van der Waals surface area contributed by atoms with Gasteiger partial charge in [0.1, 0.15) is 5.69 Å². The van der Waals surface area contributed by atoms with Crippen LogP contribution in [0.4, 0.5) is 0 Å². The molecule has 0 amide bonds. The summed E-state index contributed by atoms with van der Waals surface area (Å²) in [5.74, 6) is 0. The minimum Gasteiger partial charge on any atom is -0.363 e. The summed E-state index contributed by atoms with van der Waals surface area (Å²) < 4.78 is 1.86. The van der Waals surface area contributed by atoms with Crippen LogP contribution in [0.25, 0.3) is 22.3 Å². The molecule has 26 heavy (non-hydrogen) atoms. The fourth-order valence-electron chi connectivity index (χ4n) is 3.91. The van der Waals surface area contributed by atoms with E-state index in [1.54, 1.807) is 6.07 Å². The van der Waals surface area contributed by atoms with Crippen LogP contribution in [0.3, 0.4) is 0 Å². The first-order valence-electron chi connectivity index (χ1n) is 8.99. The first-order valence-corrected chi connectivity index (χ1v) is 8.99. The maximum absolute atomic E-state index is 9.77. The minimum absolute atomic E-state index is 0.257. The highest BCUT2D eigenvalue weighted by molar-refractivity contribution is 5.85. The topological polar surface area (TPSA) is 70.7 Å². The summed E-state index contributed by atoms with van der Waals surface area (Å²) in [6.07, 6.45) is 3.72. The zero-order valence-corrected chi connectivity index (χ0v) is 15.3. The van der Waals surface area contributed by atoms with E-state index in [9.17, 15) is 10.2 Å². The van der Waals surface area contributed by atoms with Crippen molar-refractivity contribution in [2.24, 2.45) is 0 Å². The van der Waals surface area contributed by atoms with E-state index in [1.807, 2.05) is 17.5 Å². The maximum atomic E-state index is 9.77. The average molecular weight is 349 g/mol. The molecule has 0 aliphatic heterocycles. The Morgan fingerprint density at radius 3 is 2.42 bits per heavy atom. The highest BCUT2D eigenvalue weighted by atomic mass is 16.5. The van der Waals surface area contributed by atoms with Gasteiger partial charge in [-0.2, -0.15) is 5.10 Å². The van der Waals surface area contributed by atoms with Crippen molar-refractivity contribution in [1.82, 2.24) is 14.6 Å². The molecule has 0 bridgehead atoms. The van der Waals surface area contributed by atoms with E-state index in [4.69, 9.17) is 5.10 Å². The van der Waals surface area contributed by atoms with Gasteiger partial charge in [0.15, 0.2) is 11.9 Å². The van der Waals surface area contributed by atoms with E-state index < -0.39 is 6.29 Å². The lowest BCUT2D eigenvalue weighted by atomic mass is 9.96. The van der Waals surface area contributed by atoms with Crippen molar-refractivity contribution in [3.63, 3.8) is 0 Å². The number of fused-ring (bicyclic) bond motifs is 1. The summed E-state index contributed by atoms with van der Waals surface area (Å²) >= 11 is 0. The van der Waals surface area contributed by atoms with Gasteiger partial charge in [-0.1, -0.05) is 24.3 Å². The molecular formula is C21H23N3O2. The predicted octanol–water partition coefficient (Wildman–Crippen LogP) is 3.87. The molecule has 2 N–H and O–H groups in total. The van der Waals surface area contributed by atoms with Crippen molar-refractivity contribution in [2.45, 2.75) is 46.3 Å². The van der Waals surface area contributed by atoms with Gasteiger partial charge in [-0.05, 0) is 68.4 Å². The second kappa shape index (κ2) is 6.34. The fourth-order valence-corrected chi connectivity index (χ4v) is 3.91. The number of aryl methyl sites for hydroxylation is 3. The van der Waals surface area contributed by atoms with Gasteiger partial charge >= 0.3 is 0 Å². The molecule has 0 unspecified atom stereocenters. The second-order valence-electron chi connectivity index (χ2n) is 7.02. The number of hydrogen-bond acceptors (Lipinski definition) is 4. The molecule has 0 spiro atoms. The van der Waals surface area contributed by atoms with Crippen molar-refractivity contribution < 1.29 is 10.2 Å². The van der Waals surface area contributed by atoms with E-state index in [0.29, 0.717) is 5.65 Å². The molecule has 1 aromatic carbocycles. The van der Waals surface area contributed by atoms with Crippen LogP contribution in [0.1, 0.15) is 53.8 Å². The fraction of sp³-hybridized carbons (Fsp3) is 0.333. The Morgan fingerprint density at radius 2 is 1.81 bits per heavy atom. The van der Waals surface area contributed by atoms with E-state index in [0.717, 1.165) is 52.9 Å². The Morgan fingerprint density at radius 1 is 1.08 bits per heavy atom. The van der Waals surface area contributed by atoms with E-state index >= 15 is 0 Å². The molecule has 5 heteroatoms. The smallest absolute Gasteiger partial charge is 0.196 e. The molecule has 1 aliphatic rings. The van der Waals surface area contributed by atoms with Crippen LogP contribution in [0.2, 0.25) is 0 Å². The van der Waals surface area contributed by atoms with Crippen molar-refractivity contribution in [3.05, 3.63) is 58.6 Å². The lowest BCUT2D eigenvalue weighted by Crippen LogP contribution is -2.06. The monoisotopic (exact) mass is 349 g/mol. The molecule has 0 saturated heterocycles. The van der Waals surface area contributed by atoms with Gasteiger partial charge in [0.05, 0.1) is 17.0 Å². The third kappa shape index (κ3) is 2.64. The Kier molecular flexibility index (Phi) is 4.13. The highest BCUT2D eigenvalue weighted by Crippen LogP contribution is 2.36. The summed E-state index contributed by atoms with van der Waals surface area (Å²) in [6.45, 7) is 6.14. The third-order valence-electron chi connectivity index (χ3n) is 5.15. The van der Waals surface area contributed by atoms with Crippen LogP contribution in [0, 0.1) is 20.8 Å². The predicted molar refractivity (Wildman–Crippen MR) is 102 cm³/mol. The van der Waals surface area contributed by atoms with Gasteiger partial charge < -0.3 is 10.2 Å².